The molecule has 0 saturated carbocycles. The highest BCUT2D eigenvalue weighted by atomic mass is 19.2. The summed E-state index contributed by atoms with van der Waals surface area (Å²) < 4.78 is 40.0. The summed E-state index contributed by atoms with van der Waals surface area (Å²) in [6, 6.07) is 7.32. The zero-order chi connectivity index (χ0) is 17.8. The predicted molar refractivity (Wildman–Crippen MR) is 92.1 cm³/mol. The first-order valence-corrected chi connectivity index (χ1v) is 7.66. The molecule has 0 radical (unpaired) electrons. The first kappa shape index (κ1) is 19.3. The van der Waals surface area contributed by atoms with Gasteiger partial charge in [0.1, 0.15) is 5.82 Å². The molecule has 0 spiro atoms. The minimum atomic E-state index is -1.51. The fourth-order valence-corrected chi connectivity index (χ4v) is 2.35. The number of nitrogens with one attached hydrogen (secondary N) is 1. The molecule has 8 heteroatoms. The summed E-state index contributed by atoms with van der Waals surface area (Å²) in [6.07, 6.45) is 4.23. The van der Waals surface area contributed by atoms with Gasteiger partial charge in [-0.1, -0.05) is 6.07 Å². The van der Waals surface area contributed by atoms with Gasteiger partial charge in [-0.05, 0) is 37.1 Å². The van der Waals surface area contributed by atoms with Gasteiger partial charge in [0.2, 0.25) is 0 Å². The maximum atomic E-state index is 13.4. The van der Waals surface area contributed by atoms with E-state index in [4.69, 9.17) is 0 Å². The number of anilines is 1. The maximum Gasteiger partial charge on any atom is 0.194 e. The third-order valence-electron chi connectivity index (χ3n) is 3.54. The number of aromatic nitrogens is 3. The van der Waals surface area contributed by atoms with E-state index in [-0.39, 0.29) is 16.9 Å². The fourth-order valence-electron chi connectivity index (χ4n) is 2.35. The van der Waals surface area contributed by atoms with Gasteiger partial charge in [-0.3, -0.25) is 4.98 Å². The molecular weight excluding hydrogens is 345 g/mol. The number of halogens is 3. The number of aryl methyl sites for hydroxylation is 1. The van der Waals surface area contributed by atoms with E-state index in [1.807, 2.05) is 12.1 Å². The summed E-state index contributed by atoms with van der Waals surface area (Å²) in [5.74, 6) is -3.40. The summed E-state index contributed by atoms with van der Waals surface area (Å²) in [5.41, 5.74) is 1.78. The van der Waals surface area contributed by atoms with Crippen LogP contribution in [0.1, 0.15) is 11.3 Å². The van der Waals surface area contributed by atoms with Crippen LogP contribution in [-0.4, -0.2) is 27.0 Å². The van der Waals surface area contributed by atoms with Crippen molar-refractivity contribution in [2.24, 2.45) is 0 Å². The smallest absolute Gasteiger partial charge is 0.194 e. The van der Waals surface area contributed by atoms with E-state index in [1.165, 1.54) is 0 Å². The second kappa shape index (κ2) is 8.39. The molecule has 2 heterocycles. The van der Waals surface area contributed by atoms with Crippen LogP contribution in [0, 0.1) is 24.4 Å². The molecule has 0 amide bonds. The van der Waals surface area contributed by atoms with E-state index in [1.54, 1.807) is 25.4 Å². The minimum Gasteiger partial charge on any atom is -0.412 e. The van der Waals surface area contributed by atoms with Crippen molar-refractivity contribution < 1.29 is 18.6 Å². The molecule has 26 heavy (non-hydrogen) atoms. The van der Waals surface area contributed by atoms with Crippen LogP contribution in [0.3, 0.4) is 0 Å². The molecular formula is C18H17F3N4O. The first-order valence-electron chi connectivity index (χ1n) is 7.66. The average Bonchev–Trinajstić information content (AvgIpc) is 2.60. The number of hydrogen-bond acceptors (Lipinski definition) is 4. The van der Waals surface area contributed by atoms with Crippen molar-refractivity contribution in [3.05, 3.63) is 71.4 Å². The van der Waals surface area contributed by atoms with Crippen molar-refractivity contribution in [1.82, 2.24) is 15.0 Å². The lowest BCUT2D eigenvalue weighted by atomic mass is 10.2. The van der Waals surface area contributed by atoms with Gasteiger partial charge in [-0.15, -0.1) is 0 Å². The fraction of sp³-hybridized carbons (Fsp3) is 0.167. The van der Waals surface area contributed by atoms with E-state index in [0.717, 1.165) is 24.1 Å². The molecule has 0 unspecified atom stereocenters. The summed E-state index contributed by atoms with van der Waals surface area (Å²) in [6.45, 7) is 2.35. The van der Waals surface area contributed by atoms with E-state index in [9.17, 15) is 13.2 Å². The highest BCUT2D eigenvalue weighted by molar-refractivity contribution is 5.58. The second-order valence-electron chi connectivity index (χ2n) is 5.51. The Kier molecular flexibility index (Phi) is 6.24. The van der Waals surface area contributed by atoms with Gasteiger partial charge < -0.3 is 10.8 Å². The molecule has 0 fully saturated rings. The lowest BCUT2D eigenvalue weighted by Gasteiger charge is -2.09. The Morgan fingerprint density at radius 1 is 1.04 bits per heavy atom. The van der Waals surface area contributed by atoms with Crippen molar-refractivity contribution in [2.45, 2.75) is 13.3 Å². The topological polar surface area (TPSA) is 82.2 Å². The maximum absolute atomic E-state index is 13.4. The molecule has 136 valence electrons. The molecule has 0 bridgehead atoms. The second-order valence-corrected chi connectivity index (χ2v) is 5.51. The highest BCUT2D eigenvalue weighted by Gasteiger charge is 2.14. The van der Waals surface area contributed by atoms with Crippen LogP contribution in [0.5, 0.6) is 0 Å². The first-order chi connectivity index (χ1) is 12.0. The largest absolute Gasteiger partial charge is 0.412 e. The van der Waals surface area contributed by atoms with Crippen molar-refractivity contribution in [3.8, 4) is 11.4 Å². The van der Waals surface area contributed by atoms with Crippen molar-refractivity contribution >= 4 is 5.82 Å². The van der Waals surface area contributed by atoms with Gasteiger partial charge in [-0.25, -0.2) is 23.1 Å². The lowest BCUT2D eigenvalue weighted by molar-refractivity contribution is 0.447. The highest BCUT2D eigenvalue weighted by Crippen LogP contribution is 2.22. The Bertz CT molecular complexity index is 868. The Hall–Kier alpha value is -3.00. The van der Waals surface area contributed by atoms with E-state index < -0.39 is 17.5 Å². The van der Waals surface area contributed by atoms with Gasteiger partial charge in [0, 0.05) is 36.3 Å². The summed E-state index contributed by atoms with van der Waals surface area (Å²) in [4.78, 5) is 12.5. The number of hydrogen-bond donors (Lipinski definition) is 1. The molecule has 0 aliphatic heterocycles. The average molecular weight is 362 g/mol. The van der Waals surface area contributed by atoms with Crippen LogP contribution >= 0.6 is 0 Å². The molecule has 1 aromatic carbocycles. The van der Waals surface area contributed by atoms with Crippen LogP contribution in [0.4, 0.5) is 19.0 Å². The summed E-state index contributed by atoms with van der Waals surface area (Å²) >= 11 is 0. The quantitative estimate of drug-likeness (QED) is 0.707. The zero-order valence-electron chi connectivity index (χ0n) is 13.9. The Balaban J connectivity index is 0.00000243. The van der Waals surface area contributed by atoms with Gasteiger partial charge in [0.05, 0.1) is 0 Å². The van der Waals surface area contributed by atoms with Crippen molar-refractivity contribution in [1.29, 1.82) is 0 Å². The Morgan fingerprint density at radius 2 is 1.77 bits per heavy atom. The molecule has 0 atom stereocenters. The molecule has 3 aromatic rings. The minimum absolute atomic E-state index is 0. The number of benzene rings is 1. The summed E-state index contributed by atoms with van der Waals surface area (Å²) in [5, 5.41) is 3.14. The molecule has 0 aliphatic rings. The standard InChI is InChI=1S/C18H15F3N4.H2O/c1-11-7-16(23-6-4-12-3-2-5-22-10-12)25-18(24-11)13-8-14(19)17(21)15(20)9-13;/h2-3,5,7-10H,4,6H2,1H3,(H,23,24,25);1H2. The monoisotopic (exact) mass is 362 g/mol. The number of nitrogens with zero attached hydrogens (tertiary/aromatic N) is 3. The molecule has 0 saturated heterocycles. The molecule has 0 aliphatic carbocycles. The number of pyridine rings is 1. The van der Waals surface area contributed by atoms with Gasteiger partial charge >= 0.3 is 0 Å². The van der Waals surface area contributed by atoms with Crippen LogP contribution in [0.2, 0.25) is 0 Å². The van der Waals surface area contributed by atoms with Crippen molar-refractivity contribution in [2.75, 3.05) is 11.9 Å². The third kappa shape index (κ3) is 4.54. The van der Waals surface area contributed by atoms with E-state index in [0.29, 0.717) is 18.1 Å². The van der Waals surface area contributed by atoms with Gasteiger partial charge in [0.15, 0.2) is 23.3 Å². The molecule has 3 N–H and O–H groups in total. The normalized spacial score (nSPS) is 10.3. The molecule has 2 aromatic heterocycles. The lowest BCUT2D eigenvalue weighted by Crippen LogP contribution is -2.08. The van der Waals surface area contributed by atoms with E-state index in [2.05, 4.69) is 20.3 Å². The predicted octanol–water partition coefficient (Wildman–Crippen LogP) is 3.09. The summed E-state index contributed by atoms with van der Waals surface area (Å²) in [7, 11) is 0. The molecule has 3 rings (SSSR count). The van der Waals surface area contributed by atoms with Crippen LogP contribution < -0.4 is 5.32 Å². The zero-order valence-corrected chi connectivity index (χ0v) is 13.9. The molecule has 5 nitrogen and oxygen atoms in total. The van der Waals surface area contributed by atoms with Gasteiger partial charge in [-0.2, -0.15) is 0 Å². The Morgan fingerprint density at radius 3 is 2.42 bits per heavy atom. The SMILES string of the molecule is Cc1cc(NCCc2cccnc2)nc(-c2cc(F)c(F)c(F)c2)n1.O. The number of rotatable bonds is 5. The van der Waals surface area contributed by atoms with Crippen LogP contribution in [0.15, 0.2) is 42.7 Å². The van der Waals surface area contributed by atoms with E-state index >= 15 is 0 Å². The third-order valence-corrected chi connectivity index (χ3v) is 3.54. The van der Waals surface area contributed by atoms with Gasteiger partial charge in [0.25, 0.3) is 0 Å². The van der Waals surface area contributed by atoms with Crippen LogP contribution in [0.25, 0.3) is 11.4 Å². The van der Waals surface area contributed by atoms with Crippen LogP contribution in [-0.2, 0) is 6.42 Å². The Labute approximate surface area is 148 Å². The van der Waals surface area contributed by atoms with Crippen molar-refractivity contribution in [3.63, 3.8) is 0 Å².